The molecule has 5 nitrogen and oxygen atoms in total. The van der Waals surface area contributed by atoms with Crippen molar-refractivity contribution in [2.45, 2.75) is 18.4 Å². The van der Waals surface area contributed by atoms with Gasteiger partial charge in [0.1, 0.15) is 6.10 Å². The molecule has 7 heteroatoms. The molecule has 128 valence electrons. The SMILES string of the molecule is C=CCOC[C@@H]1CO[C@@](Cn2ccnc2)(c2ccc(Cl)cc2Cl)O1. The van der Waals surface area contributed by atoms with Gasteiger partial charge in [0.15, 0.2) is 0 Å². The van der Waals surface area contributed by atoms with Crippen LogP contribution in [-0.2, 0) is 26.5 Å². The summed E-state index contributed by atoms with van der Waals surface area (Å²) in [6, 6.07) is 5.28. The van der Waals surface area contributed by atoms with Crippen LogP contribution in [0.25, 0.3) is 0 Å². The number of ether oxygens (including phenoxy) is 3. The summed E-state index contributed by atoms with van der Waals surface area (Å²) < 4.78 is 19.6. The Hall–Kier alpha value is -1.37. The van der Waals surface area contributed by atoms with Gasteiger partial charge < -0.3 is 18.8 Å². The highest BCUT2D eigenvalue weighted by atomic mass is 35.5. The largest absolute Gasteiger partial charge is 0.375 e. The number of nitrogens with zero attached hydrogens (tertiary/aromatic N) is 2. The van der Waals surface area contributed by atoms with Gasteiger partial charge in [0, 0.05) is 23.0 Å². The van der Waals surface area contributed by atoms with Crippen LogP contribution in [0.4, 0.5) is 0 Å². The molecule has 1 fully saturated rings. The highest BCUT2D eigenvalue weighted by Gasteiger charge is 2.45. The molecule has 0 N–H and O–H groups in total. The van der Waals surface area contributed by atoms with Crippen molar-refractivity contribution >= 4 is 23.2 Å². The predicted molar refractivity (Wildman–Crippen MR) is 92.2 cm³/mol. The zero-order valence-electron chi connectivity index (χ0n) is 13.0. The normalized spacial score (nSPS) is 23.5. The van der Waals surface area contributed by atoms with E-state index in [0.717, 1.165) is 5.56 Å². The number of aromatic nitrogens is 2. The summed E-state index contributed by atoms with van der Waals surface area (Å²) in [6.45, 7) is 5.35. The third-order valence-corrected chi connectivity index (χ3v) is 4.24. The molecule has 0 unspecified atom stereocenters. The van der Waals surface area contributed by atoms with Crippen LogP contribution >= 0.6 is 23.2 Å². The van der Waals surface area contributed by atoms with Gasteiger partial charge in [-0.3, -0.25) is 0 Å². The molecule has 1 aromatic carbocycles. The second kappa shape index (κ2) is 7.68. The molecule has 0 amide bonds. The summed E-state index contributed by atoms with van der Waals surface area (Å²) >= 11 is 12.4. The van der Waals surface area contributed by atoms with Gasteiger partial charge >= 0.3 is 0 Å². The van der Waals surface area contributed by atoms with Crippen LogP contribution in [0.15, 0.2) is 49.6 Å². The Morgan fingerprint density at radius 3 is 3.04 bits per heavy atom. The van der Waals surface area contributed by atoms with Crippen molar-refractivity contribution in [3.8, 4) is 0 Å². The van der Waals surface area contributed by atoms with Crippen LogP contribution in [0.2, 0.25) is 10.0 Å². The molecule has 0 aliphatic carbocycles. The van der Waals surface area contributed by atoms with Gasteiger partial charge in [0.2, 0.25) is 5.79 Å². The van der Waals surface area contributed by atoms with Crippen molar-refractivity contribution in [1.29, 1.82) is 0 Å². The Labute approximate surface area is 150 Å². The molecule has 1 aromatic heterocycles. The molecule has 3 rings (SSSR count). The Kier molecular flexibility index (Phi) is 5.58. The second-order valence-electron chi connectivity index (χ2n) is 5.49. The topological polar surface area (TPSA) is 45.5 Å². The first-order valence-corrected chi connectivity index (χ1v) is 8.30. The molecule has 0 spiro atoms. The maximum atomic E-state index is 6.40. The van der Waals surface area contributed by atoms with Crippen molar-refractivity contribution in [2.24, 2.45) is 0 Å². The standard InChI is InChI=1S/C17H18Cl2N2O3/c1-2-7-22-9-14-10-23-17(24-14,11-21-6-5-20-12-21)15-4-3-13(18)8-16(15)19/h2-6,8,12,14H,1,7,9-11H2/t14-,17-/m1/s1. The van der Waals surface area contributed by atoms with Crippen LogP contribution < -0.4 is 0 Å². The van der Waals surface area contributed by atoms with Crippen molar-refractivity contribution in [3.05, 3.63) is 65.2 Å². The van der Waals surface area contributed by atoms with Gasteiger partial charge in [0.05, 0.1) is 37.7 Å². The molecule has 2 aromatic rings. The van der Waals surface area contributed by atoms with Gasteiger partial charge in [-0.05, 0) is 12.1 Å². The summed E-state index contributed by atoms with van der Waals surface area (Å²) in [7, 11) is 0. The summed E-state index contributed by atoms with van der Waals surface area (Å²) in [5.41, 5.74) is 0.730. The third kappa shape index (κ3) is 3.82. The zero-order valence-corrected chi connectivity index (χ0v) is 14.5. The fraction of sp³-hybridized carbons (Fsp3) is 0.353. The minimum absolute atomic E-state index is 0.194. The van der Waals surface area contributed by atoms with E-state index in [1.54, 1.807) is 30.7 Å². The van der Waals surface area contributed by atoms with Crippen molar-refractivity contribution in [2.75, 3.05) is 19.8 Å². The lowest BCUT2D eigenvalue weighted by atomic mass is 10.1. The lowest BCUT2D eigenvalue weighted by Gasteiger charge is -2.30. The third-order valence-electron chi connectivity index (χ3n) is 3.69. The Morgan fingerprint density at radius 1 is 1.46 bits per heavy atom. The minimum Gasteiger partial charge on any atom is -0.375 e. The number of rotatable bonds is 7. The van der Waals surface area contributed by atoms with Crippen molar-refractivity contribution < 1.29 is 14.2 Å². The molecule has 2 heterocycles. The number of halogens is 2. The van der Waals surface area contributed by atoms with Crippen molar-refractivity contribution in [1.82, 2.24) is 9.55 Å². The molecule has 1 aliphatic heterocycles. The number of imidazole rings is 1. The molecule has 0 bridgehead atoms. The lowest BCUT2D eigenvalue weighted by Crippen LogP contribution is -2.34. The summed E-state index contributed by atoms with van der Waals surface area (Å²) in [4.78, 5) is 4.07. The maximum absolute atomic E-state index is 6.40. The van der Waals surface area contributed by atoms with Gasteiger partial charge in [-0.2, -0.15) is 0 Å². The molecule has 1 saturated heterocycles. The van der Waals surface area contributed by atoms with Gasteiger partial charge in [0.25, 0.3) is 0 Å². The first kappa shape index (κ1) is 17.5. The molecule has 2 atom stereocenters. The van der Waals surface area contributed by atoms with E-state index in [-0.39, 0.29) is 6.10 Å². The Balaban J connectivity index is 1.86. The second-order valence-corrected chi connectivity index (χ2v) is 6.33. The highest BCUT2D eigenvalue weighted by molar-refractivity contribution is 6.35. The van der Waals surface area contributed by atoms with Crippen LogP contribution in [0, 0.1) is 0 Å². The van der Waals surface area contributed by atoms with Crippen LogP contribution in [0.3, 0.4) is 0 Å². The summed E-state index contributed by atoms with van der Waals surface area (Å²) in [5.74, 6) is -1.01. The maximum Gasteiger partial charge on any atom is 0.215 e. The van der Waals surface area contributed by atoms with Crippen molar-refractivity contribution in [3.63, 3.8) is 0 Å². The predicted octanol–water partition coefficient (Wildman–Crippen LogP) is 3.66. The monoisotopic (exact) mass is 368 g/mol. The van der Waals surface area contributed by atoms with Crippen LogP contribution in [0.1, 0.15) is 5.56 Å². The first-order chi connectivity index (χ1) is 11.6. The Morgan fingerprint density at radius 2 is 2.33 bits per heavy atom. The van der Waals surface area contributed by atoms with Crippen LogP contribution in [-0.4, -0.2) is 35.5 Å². The summed E-state index contributed by atoms with van der Waals surface area (Å²) in [5, 5.41) is 1.06. The average Bonchev–Trinajstić information content (AvgIpc) is 3.19. The fourth-order valence-corrected chi connectivity index (χ4v) is 3.21. The van der Waals surface area contributed by atoms with E-state index in [4.69, 9.17) is 37.4 Å². The molecule has 1 aliphatic rings. The van der Waals surface area contributed by atoms with E-state index in [1.807, 2.05) is 16.8 Å². The minimum atomic E-state index is -1.01. The van der Waals surface area contributed by atoms with Gasteiger partial charge in [-0.25, -0.2) is 4.98 Å². The first-order valence-electron chi connectivity index (χ1n) is 7.54. The van der Waals surface area contributed by atoms with E-state index in [0.29, 0.717) is 36.4 Å². The molecule has 0 radical (unpaired) electrons. The smallest absolute Gasteiger partial charge is 0.215 e. The summed E-state index contributed by atoms with van der Waals surface area (Å²) in [6.07, 6.45) is 6.77. The fourth-order valence-electron chi connectivity index (χ4n) is 2.66. The van der Waals surface area contributed by atoms with E-state index in [9.17, 15) is 0 Å². The van der Waals surface area contributed by atoms with E-state index >= 15 is 0 Å². The quantitative estimate of drug-likeness (QED) is 0.552. The van der Waals surface area contributed by atoms with Gasteiger partial charge in [-0.1, -0.05) is 35.3 Å². The molecular formula is C17H18Cl2N2O3. The molecule has 0 saturated carbocycles. The van der Waals surface area contributed by atoms with E-state index in [1.165, 1.54) is 0 Å². The number of hydrogen-bond acceptors (Lipinski definition) is 4. The van der Waals surface area contributed by atoms with Crippen LogP contribution in [0.5, 0.6) is 0 Å². The number of hydrogen-bond donors (Lipinski definition) is 0. The average molecular weight is 369 g/mol. The zero-order chi connectivity index (χ0) is 17.0. The van der Waals surface area contributed by atoms with E-state index in [2.05, 4.69) is 11.6 Å². The number of benzene rings is 1. The van der Waals surface area contributed by atoms with E-state index < -0.39 is 5.79 Å². The lowest BCUT2D eigenvalue weighted by molar-refractivity contribution is -0.191. The Bertz CT molecular complexity index is 693. The molecular weight excluding hydrogens is 351 g/mol. The van der Waals surface area contributed by atoms with Gasteiger partial charge in [-0.15, -0.1) is 6.58 Å². The highest BCUT2D eigenvalue weighted by Crippen LogP contribution is 2.40. The molecule has 24 heavy (non-hydrogen) atoms.